The number of rotatable bonds is 5. The van der Waals surface area contributed by atoms with Crippen molar-refractivity contribution in [3.8, 4) is 11.5 Å². The summed E-state index contributed by atoms with van der Waals surface area (Å²) in [5.74, 6) is 1.85. The van der Waals surface area contributed by atoms with E-state index in [9.17, 15) is 4.79 Å². The van der Waals surface area contributed by atoms with Crippen LogP contribution in [0.5, 0.6) is 11.5 Å². The molecule has 5 nitrogen and oxygen atoms in total. The molecule has 0 saturated carbocycles. The highest BCUT2D eigenvalue weighted by Gasteiger charge is 2.26. The van der Waals surface area contributed by atoms with Crippen molar-refractivity contribution in [1.29, 1.82) is 0 Å². The summed E-state index contributed by atoms with van der Waals surface area (Å²) in [6.07, 6.45) is 2.87. The van der Waals surface area contributed by atoms with Crippen molar-refractivity contribution in [2.75, 3.05) is 33.0 Å². The number of carbonyl (C=O) groups is 1. The average molecular weight is 389 g/mol. The van der Waals surface area contributed by atoms with Crippen LogP contribution in [0, 0.1) is 5.92 Å². The topological polar surface area (TPSA) is 64.8 Å². The molecule has 3 rings (SSSR count). The van der Waals surface area contributed by atoms with E-state index >= 15 is 0 Å². The fourth-order valence-electron chi connectivity index (χ4n) is 3.60. The lowest BCUT2D eigenvalue weighted by Crippen LogP contribution is -2.39. The highest BCUT2D eigenvalue weighted by atomic mass is 35.5. The SMILES string of the molecule is COc1ccccc1CC1CCN(C(=O)c2cc(Cl)c(N)cc2OC)CC1. The molecule has 1 fully saturated rings. The minimum absolute atomic E-state index is 0.0653. The number of para-hydroxylation sites is 1. The summed E-state index contributed by atoms with van der Waals surface area (Å²) in [5.41, 5.74) is 7.89. The van der Waals surface area contributed by atoms with Gasteiger partial charge < -0.3 is 20.1 Å². The van der Waals surface area contributed by atoms with E-state index in [1.807, 2.05) is 23.1 Å². The third-order valence-electron chi connectivity index (χ3n) is 5.15. The maximum Gasteiger partial charge on any atom is 0.257 e. The molecule has 2 N–H and O–H groups in total. The lowest BCUT2D eigenvalue weighted by Gasteiger charge is -2.32. The Hall–Kier alpha value is -2.40. The van der Waals surface area contributed by atoms with Crippen molar-refractivity contribution in [2.45, 2.75) is 19.3 Å². The van der Waals surface area contributed by atoms with Crippen molar-refractivity contribution in [3.05, 3.63) is 52.5 Å². The Morgan fingerprint density at radius 1 is 1.15 bits per heavy atom. The Bertz CT molecular complexity index is 817. The molecule has 1 amide bonds. The standard InChI is InChI=1S/C21H25ClN2O3/c1-26-19-6-4-3-5-15(19)11-14-7-9-24(10-8-14)21(25)16-12-17(22)18(23)13-20(16)27-2/h3-6,12-14H,7-11,23H2,1-2H3. The summed E-state index contributed by atoms with van der Waals surface area (Å²) in [6, 6.07) is 11.3. The summed E-state index contributed by atoms with van der Waals surface area (Å²) >= 11 is 6.10. The van der Waals surface area contributed by atoms with Crippen molar-refractivity contribution in [3.63, 3.8) is 0 Å². The van der Waals surface area contributed by atoms with E-state index in [1.165, 1.54) is 12.7 Å². The van der Waals surface area contributed by atoms with Crippen LogP contribution in [0.15, 0.2) is 36.4 Å². The Labute approximate surface area is 165 Å². The van der Waals surface area contributed by atoms with Crippen LogP contribution in [-0.4, -0.2) is 38.1 Å². The summed E-state index contributed by atoms with van der Waals surface area (Å²) < 4.78 is 10.8. The van der Waals surface area contributed by atoms with Crippen molar-refractivity contribution < 1.29 is 14.3 Å². The number of nitrogen functional groups attached to an aromatic ring is 1. The molecular formula is C21H25ClN2O3. The second kappa shape index (κ2) is 8.53. The second-order valence-electron chi connectivity index (χ2n) is 6.83. The summed E-state index contributed by atoms with van der Waals surface area (Å²) in [4.78, 5) is 14.8. The van der Waals surface area contributed by atoms with Gasteiger partial charge in [-0.1, -0.05) is 29.8 Å². The van der Waals surface area contributed by atoms with Crippen LogP contribution < -0.4 is 15.2 Å². The van der Waals surface area contributed by atoms with Gasteiger partial charge in [-0.15, -0.1) is 0 Å². The maximum absolute atomic E-state index is 12.9. The van der Waals surface area contributed by atoms with E-state index in [0.29, 0.717) is 41.0 Å². The average Bonchev–Trinajstić information content (AvgIpc) is 2.70. The second-order valence-corrected chi connectivity index (χ2v) is 7.23. The number of carbonyl (C=O) groups excluding carboxylic acids is 1. The van der Waals surface area contributed by atoms with Gasteiger partial charge in [0.2, 0.25) is 0 Å². The van der Waals surface area contributed by atoms with Gasteiger partial charge in [0, 0.05) is 19.2 Å². The smallest absolute Gasteiger partial charge is 0.257 e. The number of benzene rings is 2. The van der Waals surface area contributed by atoms with Crippen LogP contribution in [0.2, 0.25) is 5.02 Å². The third kappa shape index (κ3) is 4.30. The molecule has 0 atom stereocenters. The minimum atomic E-state index is -0.0653. The molecule has 6 heteroatoms. The number of ether oxygens (including phenoxy) is 2. The molecule has 0 aromatic heterocycles. The van der Waals surface area contributed by atoms with Crippen molar-refractivity contribution >= 4 is 23.2 Å². The lowest BCUT2D eigenvalue weighted by atomic mass is 9.89. The lowest BCUT2D eigenvalue weighted by molar-refractivity contribution is 0.0687. The zero-order valence-corrected chi connectivity index (χ0v) is 16.5. The number of methoxy groups -OCH3 is 2. The molecule has 1 heterocycles. The first-order valence-corrected chi connectivity index (χ1v) is 9.45. The highest BCUT2D eigenvalue weighted by Crippen LogP contribution is 2.32. The molecule has 1 aliphatic heterocycles. The number of nitrogens with zero attached hydrogens (tertiary/aromatic N) is 1. The van der Waals surface area contributed by atoms with Gasteiger partial charge in [-0.05, 0) is 42.9 Å². The van der Waals surface area contributed by atoms with Gasteiger partial charge >= 0.3 is 0 Å². The fourth-order valence-corrected chi connectivity index (χ4v) is 3.76. The Balaban J connectivity index is 1.65. The zero-order valence-electron chi connectivity index (χ0n) is 15.7. The van der Waals surface area contributed by atoms with Crippen LogP contribution in [0.3, 0.4) is 0 Å². The largest absolute Gasteiger partial charge is 0.496 e. The predicted octanol–water partition coefficient (Wildman–Crippen LogP) is 4.03. The van der Waals surface area contributed by atoms with Gasteiger partial charge in [-0.3, -0.25) is 4.79 Å². The summed E-state index contributed by atoms with van der Waals surface area (Å²) in [5, 5.41) is 0.366. The molecule has 1 saturated heterocycles. The molecule has 1 aliphatic rings. The molecular weight excluding hydrogens is 364 g/mol. The van der Waals surface area contributed by atoms with Crippen LogP contribution in [0.25, 0.3) is 0 Å². The molecule has 0 bridgehead atoms. The number of amides is 1. The monoisotopic (exact) mass is 388 g/mol. The van der Waals surface area contributed by atoms with Gasteiger partial charge in [0.15, 0.2) is 0 Å². The van der Waals surface area contributed by atoms with Gasteiger partial charge in [-0.2, -0.15) is 0 Å². The summed E-state index contributed by atoms with van der Waals surface area (Å²) in [7, 11) is 3.23. The number of likely N-dealkylation sites (tertiary alicyclic amines) is 1. The number of halogens is 1. The molecule has 0 aliphatic carbocycles. The molecule has 2 aromatic carbocycles. The van der Waals surface area contributed by atoms with Crippen LogP contribution in [-0.2, 0) is 6.42 Å². The van der Waals surface area contributed by atoms with Crippen LogP contribution >= 0.6 is 11.6 Å². The Morgan fingerprint density at radius 3 is 2.48 bits per heavy atom. The molecule has 0 unspecified atom stereocenters. The van der Waals surface area contributed by atoms with Gasteiger partial charge in [0.25, 0.3) is 5.91 Å². The van der Waals surface area contributed by atoms with E-state index < -0.39 is 0 Å². The van der Waals surface area contributed by atoms with Crippen molar-refractivity contribution in [1.82, 2.24) is 4.90 Å². The fraction of sp³-hybridized carbons (Fsp3) is 0.381. The molecule has 0 spiro atoms. The molecule has 0 radical (unpaired) electrons. The number of anilines is 1. The van der Waals surface area contributed by atoms with Crippen molar-refractivity contribution in [2.24, 2.45) is 5.92 Å². The molecule has 2 aromatic rings. The number of piperidine rings is 1. The van der Waals surface area contributed by atoms with Crippen LogP contribution in [0.4, 0.5) is 5.69 Å². The predicted molar refractivity (Wildman–Crippen MR) is 108 cm³/mol. The van der Waals surface area contributed by atoms with Gasteiger partial charge in [-0.25, -0.2) is 0 Å². The number of hydrogen-bond donors (Lipinski definition) is 1. The normalized spacial score (nSPS) is 14.9. The first-order chi connectivity index (χ1) is 13.0. The first kappa shape index (κ1) is 19.4. The van der Waals surface area contributed by atoms with E-state index in [4.69, 9.17) is 26.8 Å². The quantitative estimate of drug-likeness (QED) is 0.785. The maximum atomic E-state index is 12.9. The Kier molecular flexibility index (Phi) is 6.11. The van der Waals surface area contributed by atoms with Crippen LogP contribution in [0.1, 0.15) is 28.8 Å². The molecule has 144 valence electrons. The Morgan fingerprint density at radius 2 is 1.81 bits per heavy atom. The van der Waals surface area contributed by atoms with Gasteiger partial charge in [0.1, 0.15) is 11.5 Å². The van der Waals surface area contributed by atoms with E-state index in [1.54, 1.807) is 19.2 Å². The first-order valence-electron chi connectivity index (χ1n) is 9.07. The van der Waals surface area contributed by atoms with E-state index in [-0.39, 0.29) is 5.91 Å². The third-order valence-corrected chi connectivity index (χ3v) is 5.48. The van der Waals surface area contributed by atoms with E-state index in [2.05, 4.69) is 6.07 Å². The highest BCUT2D eigenvalue weighted by molar-refractivity contribution is 6.33. The number of hydrogen-bond acceptors (Lipinski definition) is 4. The zero-order chi connectivity index (χ0) is 19.4. The van der Waals surface area contributed by atoms with Gasteiger partial charge in [0.05, 0.1) is 30.5 Å². The van der Waals surface area contributed by atoms with E-state index in [0.717, 1.165) is 25.0 Å². The summed E-state index contributed by atoms with van der Waals surface area (Å²) in [6.45, 7) is 1.42. The number of nitrogens with two attached hydrogens (primary N) is 1. The minimum Gasteiger partial charge on any atom is -0.496 e. The molecule has 27 heavy (non-hydrogen) atoms.